The molecule has 0 N–H and O–H groups in total. The molecule has 5 heteroatoms. The molecule has 0 fully saturated rings. The van der Waals surface area contributed by atoms with Crippen molar-refractivity contribution < 1.29 is 42.7 Å². The Balaban J connectivity index is 0.00000676. The van der Waals surface area contributed by atoms with E-state index < -0.39 is 0 Å². The number of carbonyl (C=O) groups is 1. The highest BCUT2D eigenvalue weighted by Crippen LogP contribution is 2.18. The number of ether oxygens (including phenoxy) is 2. The van der Waals surface area contributed by atoms with Gasteiger partial charge in [-0.1, -0.05) is 20.3 Å². The van der Waals surface area contributed by atoms with Crippen LogP contribution in [-0.2, 0) is 4.74 Å². The maximum Gasteiger partial charge on any atom is 0.338 e. The number of esters is 1. The molecule has 156 valence electrons. The van der Waals surface area contributed by atoms with E-state index in [1.54, 1.807) is 12.1 Å². The first-order chi connectivity index (χ1) is 12.4. The number of hydrogen-bond acceptors (Lipinski definition) is 3. The molecule has 0 saturated carbocycles. The molecule has 0 aliphatic heterocycles. The third-order valence-electron chi connectivity index (χ3n) is 5.64. The molecule has 0 heterocycles. The highest BCUT2D eigenvalue weighted by atomic mass is 127. The molecule has 4 nitrogen and oxygen atoms in total. The van der Waals surface area contributed by atoms with Crippen LogP contribution in [0, 0.1) is 5.92 Å². The summed E-state index contributed by atoms with van der Waals surface area (Å²) in [6, 6.07) is 7.25. The number of unbranched alkanes of at least 4 members (excludes halogenated alkanes) is 1. The van der Waals surface area contributed by atoms with Crippen LogP contribution in [0.15, 0.2) is 24.3 Å². The van der Waals surface area contributed by atoms with Gasteiger partial charge in [-0.15, -0.1) is 0 Å². The average molecular weight is 491 g/mol. The lowest BCUT2D eigenvalue weighted by molar-refractivity contribution is -0.926. The van der Waals surface area contributed by atoms with Gasteiger partial charge in [0.15, 0.2) is 0 Å². The van der Waals surface area contributed by atoms with Gasteiger partial charge in [0.1, 0.15) is 11.9 Å². The molecule has 0 saturated heterocycles. The van der Waals surface area contributed by atoms with Gasteiger partial charge < -0.3 is 37.9 Å². The van der Waals surface area contributed by atoms with E-state index in [9.17, 15) is 4.79 Å². The minimum Gasteiger partial charge on any atom is -1.00 e. The van der Waals surface area contributed by atoms with E-state index in [0.717, 1.165) is 49.3 Å². The molecule has 1 aromatic rings. The lowest BCUT2D eigenvalue weighted by Crippen LogP contribution is -3.00. The van der Waals surface area contributed by atoms with Gasteiger partial charge in [0.2, 0.25) is 0 Å². The molecule has 2 atom stereocenters. The number of halogens is 1. The quantitative estimate of drug-likeness (QED) is 0.194. The Labute approximate surface area is 183 Å². The van der Waals surface area contributed by atoms with Gasteiger partial charge in [0, 0.05) is 5.92 Å². The van der Waals surface area contributed by atoms with Crippen LogP contribution >= 0.6 is 0 Å². The Bertz CT molecular complexity index is 521. The molecular weight excluding hydrogens is 453 g/mol. The van der Waals surface area contributed by atoms with Crippen molar-refractivity contribution in [3.8, 4) is 5.75 Å². The predicted octanol–water partition coefficient (Wildman–Crippen LogP) is 1.93. The van der Waals surface area contributed by atoms with Gasteiger partial charge >= 0.3 is 5.97 Å². The molecular formula is C22H38INO3. The van der Waals surface area contributed by atoms with Crippen molar-refractivity contribution in [2.75, 3.05) is 32.8 Å². The summed E-state index contributed by atoms with van der Waals surface area (Å²) in [6.45, 7) is 18.1. The molecule has 27 heavy (non-hydrogen) atoms. The van der Waals surface area contributed by atoms with Crippen LogP contribution < -0.4 is 28.7 Å². The van der Waals surface area contributed by atoms with Crippen molar-refractivity contribution in [2.45, 2.75) is 60.5 Å². The molecule has 1 aromatic carbocycles. The van der Waals surface area contributed by atoms with Crippen molar-refractivity contribution in [1.29, 1.82) is 0 Å². The van der Waals surface area contributed by atoms with Crippen LogP contribution in [-0.4, -0.2) is 49.3 Å². The second-order valence-electron chi connectivity index (χ2n) is 7.29. The summed E-state index contributed by atoms with van der Waals surface area (Å²) in [5, 5.41) is 0. The van der Waals surface area contributed by atoms with Crippen LogP contribution in [0.25, 0.3) is 0 Å². The second-order valence-corrected chi connectivity index (χ2v) is 7.29. The highest BCUT2D eigenvalue weighted by Gasteiger charge is 2.28. The first-order valence-electron chi connectivity index (χ1n) is 10.2. The zero-order valence-electron chi connectivity index (χ0n) is 18.0. The third kappa shape index (κ3) is 8.38. The first-order valence-corrected chi connectivity index (χ1v) is 10.2. The third-order valence-corrected chi connectivity index (χ3v) is 5.64. The van der Waals surface area contributed by atoms with E-state index in [1.165, 1.54) is 0 Å². The maximum atomic E-state index is 12.4. The summed E-state index contributed by atoms with van der Waals surface area (Å²) in [5.74, 6) is 0.856. The Morgan fingerprint density at radius 1 is 1.00 bits per heavy atom. The Morgan fingerprint density at radius 3 is 2.04 bits per heavy atom. The van der Waals surface area contributed by atoms with Gasteiger partial charge in [-0.25, -0.2) is 4.79 Å². The van der Waals surface area contributed by atoms with Crippen LogP contribution in [0.5, 0.6) is 5.75 Å². The number of hydrogen-bond donors (Lipinski definition) is 0. The molecule has 0 aliphatic rings. The van der Waals surface area contributed by atoms with Crippen molar-refractivity contribution in [1.82, 2.24) is 0 Å². The van der Waals surface area contributed by atoms with Gasteiger partial charge in [-0.2, -0.15) is 0 Å². The van der Waals surface area contributed by atoms with E-state index in [2.05, 4.69) is 34.6 Å². The van der Waals surface area contributed by atoms with E-state index in [0.29, 0.717) is 18.1 Å². The SMILES string of the molecule is CCCCOc1ccc(C(=O)OC(C)C(C)C[N+](CC)(CC)CC)cc1.[I-]. The molecule has 0 aromatic heterocycles. The Morgan fingerprint density at radius 2 is 1.56 bits per heavy atom. The largest absolute Gasteiger partial charge is 1.00 e. The fourth-order valence-corrected chi connectivity index (χ4v) is 3.19. The van der Waals surface area contributed by atoms with Crippen LogP contribution in [0.3, 0.4) is 0 Å². The monoisotopic (exact) mass is 491 g/mol. The smallest absolute Gasteiger partial charge is 0.338 e. The standard InChI is InChI=1S/C22H38NO3.HI/c1-7-11-16-25-21-14-12-20(13-15-21)22(24)26-19(6)18(5)17-23(8-2,9-3)10-4;/h12-15,18-19H,7-11,16-17H2,1-6H3;1H/q+1;/p-1. The Hall–Kier alpha value is -0.820. The molecule has 0 bridgehead atoms. The number of quaternary nitrogens is 1. The van der Waals surface area contributed by atoms with Crippen molar-refractivity contribution in [2.24, 2.45) is 5.92 Å². The summed E-state index contributed by atoms with van der Waals surface area (Å²) < 4.78 is 12.4. The second kappa shape index (κ2) is 13.4. The zero-order valence-corrected chi connectivity index (χ0v) is 20.1. The van der Waals surface area contributed by atoms with Gasteiger partial charge in [0.05, 0.1) is 38.3 Å². The molecule has 1 rings (SSSR count). The normalized spacial score (nSPS) is 13.4. The molecule has 0 aliphatic carbocycles. The predicted molar refractivity (Wildman–Crippen MR) is 108 cm³/mol. The minimum atomic E-state index is -0.257. The lowest BCUT2D eigenvalue weighted by Gasteiger charge is -2.39. The first kappa shape index (κ1) is 26.2. The summed E-state index contributed by atoms with van der Waals surface area (Å²) in [7, 11) is 0. The molecule has 0 amide bonds. The molecule has 0 spiro atoms. The molecule has 2 unspecified atom stereocenters. The number of rotatable bonds is 12. The summed E-state index contributed by atoms with van der Waals surface area (Å²) in [6.07, 6.45) is 2.03. The Kier molecular flexibility index (Phi) is 13.0. The number of carbonyl (C=O) groups excluding carboxylic acids is 1. The lowest BCUT2D eigenvalue weighted by atomic mass is 10.0. The molecule has 0 radical (unpaired) electrons. The van der Waals surface area contributed by atoms with E-state index >= 15 is 0 Å². The number of nitrogens with zero attached hydrogens (tertiary/aromatic N) is 1. The summed E-state index contributed by atoms with van der Waals surface area (Å²) >= 11 is 0. The van der Waals surface area contributed by atoms with Crippen LogP contribution in [0.1, 0.15) is 64.7 Å². The van der Waals surface area contributed by atoms with Crippen LogP contribution in [0.4, 0.5) is 0 Å². The number of benzene rings is 1. The zero-order chi connectivity index (χ0) is 19.6. The van der Waals surface area contributed by atoms with Crippen molar-refractivity contribution in [3.63, 3.8) is 0 Å². The fraction of sp³-hybridized carbons (Fsp3) is 0.682. The van der Waals surface area contributed by atoms with E-state index in [4.69, 9.17) is 9.47 Å². The fourth-order valence-electron chi connectivity index (χ4n) is 3.19. The minimum absolute atomic E-state index is 0. The summed E-state index contributed by atoms with van der Waals surface area (Å²) in [5.41, 5.74) is 0.578. The van der Waals surface area contributed by atoms with Gasteiger partial charge in [-0.05, 0) is 58.4 Å². The highest BCUT2D eigenvalue weighted by molar-refractivity contribution is 5.89. The van der Waals surface area contributed by atoms with Crippen molar-refractivity contribution in [3.05, 3.63) is 29.8 Å². The van der Waals surface area contributed by atoms with E-state index in [-0.39, 0.29) is 36.0 Å². The average Bonchev–Trinajstić information content (AvgIpc) is 2.66. The summed E-state index contributed by atoms with van der Waals surface area (Å²) in [4.78, 5) is 12.4. The van der Waals surface area contributed by atoms with Crippen molar-refractivity contribution >= 4 is 5.97 Å². The van der Waals surface area contributed by atoms with Gasteiger partial charge in [0.25, 0.3) is 0 Å². The topological polar surface area (TPSA) is 35.5 Å². The van der Waals surface area contributed by atoms with Crippen LogP contribution in [0.2, 0.25) is 0 Å². The van der Waals surface area contributed by atoms with E-state index in [1.807, 2.05) is 19.1 Å². The van der Waals surface area contributed by atoms with Gasteiger partial charge in [-0.3, -0.25) is 0 Å². The maximum absolute atomic E-state index is 12.4.